The van der Waals surface area contributed by atoms with Gasteiger partial charge in [0.25, 0.3) is 0 Å². The molecule has 0 saturated carbocycles. The molecule has 2 N–H and O–H groups in total. The van der Waals surface area contributed by atoms with Gasteiger partial charge in [0.1, 0.15) is 0 Å². The highest BCUT2D eigenvalue weighted by atomic mass is 16.5. The maximum absolute atomic E-state index is 11.1. The second-order valence-electron chi connectivity index (χ2n) is 3.94. The number of hydrogen-bond acceptors (Lipinski definition) is 5. The number of anilines is 1. The number of aryl methyl sites for hydroxylation is 2. The van der Waals surface area contributed by atoms with Crippen LogP contribution in [0.15, 0.2) is 22.7 Å². The topological polar surface area (TPSA) is 88.2 Å². The first-order valence-electron chi connectivity index (χ1n) is 5.43. The number of rotatable bonds is 4. The summed E-state index contributed by atoms with van der Waals surface area (Å²) in [5.41, 5.74) is 1.74. The van der Waals surface area contributed by atoms with Gasteiger partial charge in [-0.05, 0) is 31.5 Å². The molecule has 0 spiro atoms. The van der Waals surface area contributed by atoms with Gasteiger partial charge in [-0.2, -0.15) is 4.98 Å². The highest BCUT2D eigenvalue weighted by molar-refractivity contribution is 5.94. The van der Waals surface area contributed by atoms with Gasteiger partial charge in [-0.15, -0.1) is 0 Å². The van der Waals surface area contributed by atoms with Crippen LogP contribution in [0.1, 0.15) is 27.6 Å². The lowest BCUT2D eigenvalue weighted by Gasteiger charge is -2.08. The van der Waals surface area contributed by atoms with Gasteiger partial charge in [0.2, 0.25) is 5.89 Å². The van der Waals surface area contributed by atoms with Gasteiger partial charge in [-0.3, -0.25) is 0 Å². The van der Waals surface area contributed by atoms with Gasteiger partial charge in [-0.1, -0.05) is 11.2 Å². The predicted octanol–water partition coefficient (Wildman–Crippen LogP) is 2.00. The normalized spacial score (nSPS) is 10.3. The largest absolute Gasteiger partial charge is 0.478 e. The monoisotopic (exact) mass is 247 g/mol. The number of nitrogens with zero attached hydrogens (tertiary/aromatic N) is 2. The summed E-state index contributed by atoms with van der Waals surface area (Å²) in [6.07, 6.45) is 0. The number of aromatic carboxylic acids is 1. The molecule has 6 heteroatoms. The van der Waals surface area contributed by atoms with Gasteiger partial charge in [0.05, 0.1) is 12.1 Å². The SMILES string of the molecule is Cc1ccc(C(=O)O)c(NCc2nc(C)no2)c1. The van der Waals surface area contributed by atoms with Gasteiger partial charge < -0.3 is 14.9 Å². The summed E-state index contributed by atoms with van der Waals surface area (Å²) in [6.45, 7) is 3.92. The third-order valence-electron chi connectivity index (χ3n) is 2.41. The van der Waals surface area contributed by atoms with Crippen molar-refractivity contribution in [2.75, 3.05) is 5.32 Å². The van der Waals surface area contributed by atoms with E-state index in [0.29, 0.717) is 23.9 Å². The summed E-state index contributed by atoms with van der Waals surface area (Å²) in [7, 11) is 0. The van der Waals surface area contributed by atoms with E-state index < -0.39 is 5.97 Å². The lowest BCUT2D eigenvalue weighted by atomic mass is 10.1. The fraction of sp³-hybridized carbons (Fsp3) is 0.250. The van der Waals surface area contributed by atoms with Crippen LogP contribution in [0, 0.1) is 13.8 Å². The van der Waals surface area contributed by atoms with Crippen LogP contribution < -0.4 is 5.32 Å². The van der Waals surface area contributed by atoms with Gasteiger partial charge >= 0.3 is 5.97 Å². The van der Waals surface area contributed by atoms with Crippen LogP contribution in [-0.4, -0.2) is 21.2 Å². The second kappa shape index (κ2) is 4.87. The molecule has 0 bridgehead atoms. The quantitative estimate of drug-likeness (QED) is 0.859. The van der Waals surface area contributed by atoms with Gasteiger partial charge in [-0.25, -0.2) is 4.79 Å². The van der Waals surface area contributed by atoms with Crippen LogP contribution in [0.3, 0.4) is 0 Å². The molecule has 0 amide bonds. The van der Waals surface area contributed by atoms with E-state index in [4.69, 9.17) is 9.63 Å². The van der Waals surface area contributed by atoms with Crippen molar-refractivity contribution in [1.29, 1.82) is 0 Å². The molecule has 1 heterocycles. The highest BCUT2D eigenvalue weighted by Crippen LogP contribution is 2.18. The molecule has 0 fully saturated rings. The van der Waals surface area contributed by atoms with Gasteiger partial charge in [0.15, 0.2) is 5.82 Å². The standard InChI is InChI=1S/C12H13N3O3/c1-7-3-4-9(12(16)17)10(5-7)13-6-11-14-8(2)15-18-11/h3-5,13H,6H2,1-2H3,(H,16,17). The number of carboxylic acids is 1. The molecule has 0 atom stereocenters. The van der Waals surface area contributed by atoms with Crippen LogP contribution in [0.5, 0.6) is 0 Å². The van der Waals surface area contributed by atoms with Crippen molar-refractivity contribution < 1.29 is 14.4 Å². The fourth-order valence-electron chi connectivity index (χ4n) is 1.57. The number of nitrogens with one attached hydrogen (secondary N) is 1. The molecule has 94 valence electrons. The van der Waals surface area contributed by atoms with Crippen LogP contribution in [-0.2, 0) is 6.54 Å². The lowest BCUT2D eigenvalue weighted by Crippen LogP contribution is -2.07. The van der Waals surface area contributed by atoms with E-state index in [9.17, 15) is 4.79 Å². The zero-order valence-electron chi connectivity index (χ0n) is 10.1. The first-order chi connectivity index (χ1) is 8.56. The zero-order chi connectivity index (χ0) is 13.1. The molecule has 0 aliphatic heterocycles. The summed E-state index contributed by atoms with van der Waals surface area (Å²) in [5.74, 6) is -0.000875. The van der Waals surface area contributed by atoms with Crippen molar-refractivity contribution in [1.82, 2.24) is 10.1 Å². The van der Waals surface area contributed by atoms with Crippen LogP contribution in [0.25, 0.3) is 0 Å². The van der Waals surface area contributed by atoms with E-state index in [1.54, 1.807) is 25.1 Å². The molecule has 0 radical (unpaired) electrons. The molecule has 0 saturated heterocycles. The number of hydrogen-bond donors (Lipinski definition) is 2. The van der Waals surface area contributed by atoms with E-state index in [1.807, 2.05) is 6.92 Å². The van der Waals surface area contributed by atoms with Gasteiger partial charge in [0, 0.05) is 5.69 Å². The fourth-order valence-corrected chi connectivity index (χ4v) is 1.57. The molecular weight excluding hydrogens is 234 g/mol. The average molecular weight is 247 g/mol. The molecular formula is C12H13N3O3. The van der Waals surface area contributed by atoms with E-state index >= 15 is 0 Å². The number of benzene rings is 1. The average Bonchev–Trinajstić information content (AvgIpc) is 2.72. The molecule has 2 rings (SSSR count). The Balaban J connectivity index is 2.17. The van der Waals surface area contributed by atoms with Crippen LogP contribution >= 0.6 is 0 Å². The van der Waals surface area contributed by atoms with Crippen LogP contribution in [0.2, 0.25) is 0 Å². The first kappa shape index (κ1) is 12.1. The highest BCUT2D eigenvalue weighted by Gasteiger charge is 2.11. The van der Waals surface area contributed by atoms with E-state index in [-0.39, 0.29) is 5.56 Å². The molecule has 6 nitrogen and oxygen atoms in total. The molecule has 0 aliphatic carbocycles. The maximum Gasteiger partial charge on any atom is 0.337 e. The molecule has 0 unspecified atom stereocenters. The van der Waals surface area contributed by atoms with Crippen molar-refractivity contribution in [2.24, 2.45) is 0 Å². The maximum atomic E-state index is 11.1. The third-order valence-corrected chi connectivity index (χ3v) is 2.41. The molecule has 18 heavy (non-hydrogen) atoms. The molecule has 2 aromatic rings. The lowest BCUT2D eigenvalue weighted by molar-refractivity contribution is 0.0698. The molecule has 1 aromatic carbocycles. The summed E-state index contributed by atoms with van der Waals surface area (Å²) in [6, 6.07) is 5.09. The Morgan fingerprint density at radius 2 is 2.22 bits per heavy atom. The van der Waals surface area contributed by atoms with Crippen molar-refractivity contribution in [3.63, 3.8) is 0 Å². The van der Waals surface area contributed by atoms with Crippen molar-refractivity contribution in [2.45, 2.75) is 20.4 Å². The molecule has 1 aromatic heterocycles. The van der Waals surface area contributed by atoms with E-state index in [1.165, 1.54) is 0 Å². The summed E-state index contributed by atoms with van der Waals surface area (Å²) >= 11 is 0. The Morgan fingerprint density at radius 1 is 1.44 bits per heavy atom. The van der Waals surface area contributed by atoms with E-state index in [0.717, 1.165) is 5.56 Å². The Labute approximate surface area is 104 Å². The summed E-state index contributed by atoms with van der Waals surface area (Å²) in [4.78, 5) is 15.1. The number of aromatic nitrogens is 2. The predicted molar refractivity (Wildman–Crippen MR) is 64.5 cm³/mol. The Hall–Kier alpha value is -2.37. The smallest absolute Gasteiger partial charge is 0.337 e. The first-order valence-corrected chi connectivity index (χ1v) is 5.43. The van der Waals surface area contributed by atoms with Crippen molar-refractivity contribution in [3.8, 4) is 0 Å². The minimum Gasteiger partial charge on any atom is -0.478 e. The Morgan fingerprint density at radius 3 is 2.83 bits per heavy atom. The van der Waals surface area contributed by atoms with E-state index in [2.05, 4.69) is 15.5 Å². The third kappa shape index (κ3) is 2.65. The van der Waals surface area contributed by atoms with Crippen molar-refractivity contribution in [3.05, 3.63) is 41.0 Å². The van der Waals surface area contributed by atoms with Crippen molar-refractivity contribution >= 4 is 11.7 Å². The minimum atomic E-state index is -0.973. The Bertz CT molecular complexity index is 578. The molecule has 0 aliphatic rings. The zero-order valence-corrected chi connectivity index (χ0v) is 10.1. The number of carboxylic acid groups (broad SMARTS) is 1. The Kier molecular flexibility index (Phi) is 3.27. The summed E-state index contributed by atoms with van der Waals surface area (Å²) < 4.78 is 4.95. The summed E-state index contributed by atoms with van der Waals surface area (Å²) in [5, 5.41) is 15.7. The van der Waals surface area contributed by atoms with Crippen LogP contribution in [0.4, 0.5) is 5.69 Å². The second-order valence-corrected chi connectivity index (χ2v) is 3.94. The minimum absolute atomic E-state index is 0.219. The number of carbonyl (C=O) groups is 1.